The summed E-state index contributed by atoms with van der Waals surface area (Å²) in [5, 5.41) is 2.23. The molecule has 0 aliphatic rings. The van der Waals surface area contributed by atoms with E-state index in [4.69, 9.17) is 5.73 Å². The molecule has 18 heavy (non-hydrogen) atoms. The second-order valence-corrected chi connectivity index (χ2v) is 5.16. The SMILES string of the molecule is CC(C)C[C@H](N)C(=O)c1ccc2ccccc2c1. The van der Waals surface area contributed by atoms with Crippen LogP contribution in [0.15, 0.2) is 42.5 Å². The van der Waals surface area contributed by atoms with Gasteiger partial charge in [0.05, 0.1) is 6.04 Å². The van der Waals surface area contributed by atoms with Crippen LogP contribution in [-0.4, -0.2) is 11.8 Å². The van der Waals surface area contributed by atoms with Gasteiger partial charge in [-0.1, -0.05) is 50.2 Å². The predicted molar refractivity (Wildman–Crippen MR) is 75.7 cm³/mol. The maximum Gasteiger partial charge on any atom is 0.179 e. The average Bonchev–Trinajstić information content (AvgIpc) is 2.36. The van der Waals surface area contributed by atoms with E-state index in [1.807, 2.05) is 42.5 Å². The fourth-order valence-electron chi connectivity index (χ4n) is 2.17. The van der Waals surface area contributed by atoms with Gasteiger partial charge in [0.15, 0.2) is 5.78 Å². The third kappa shape index (κ3) is 2.77. The van der Waals surface area contributed by atoms with Gasteiger partial charge in [-0.25, -0.2) is 0 Å². The van der Waals surface area contributed by atoms with Gasteiger partial charge in [0.2, 0.25) is 0 Å². The van der Waals surface area contributed by atoms with E-state index in [1.54, 1.807) is 0 Å². The van der Waals surface area contributed by atoms with Gasteiger partial charge >= 0.3 is 0 Å². The minimum Gasteiger partial charge on any atom is -0.321 e. The summed E-state index contributed by atoms with van der Waals surface area (Å²) in [7, 11) is 0. The van der Waals surface area contributed by atoms with Gasteiger partial charge in [0.1, 0.15) is 0 Å². The fraction of sp³-hybridized carbons (Fsp3) is 0.312. The number of hydrogen-bond acceptors (Lipinski definition) is 2. The lowest BCUT2D eigenvalue weighted by Crippen LogP contribution is -2.31. The van der Waals surface area contributed by atoms with Crippen molar-refractivity contribution in [3.05, 3.63) is 48.0 Å². The summed E-state index contributed by atoms with van der Waals surface area (Å²) < 4.78 is 0. The third-order valence-electron chi connectivity index (χ3n) is 3.10. The number of rotatable bonds is 4. The second-order valence-electron chi connectivity index (χ2n) is 5.16. The second kappa shape index (κ2) is 5.32. The Morgan fingerprint density at radius 3 is 2.44 bits per heavy atom. The lowest BCUT2D eigenvalue weighted by atomic mass is 9.95. The summed E-state index contributed by atoms with van der Waals surface area (Å²) >= 11 is 0. The van der Waals surface area contributed by atoms with Gasteiger partial charge in [-0.3, -0.25) is 4.79 Å². The van der Waals surface area contributed by atoms with E-state index in [0.717, 1.165) is 17.2 Å². The Balaban J connectivity index is 2.28. The van der Waals surface area contributed by atoms with E-state index in [2.05, 4.69) is 13.8 Å². The van der Waals surface area contributed by atoms with Crippen LogP contribution in [0.2, 0.25) is 0 Å². The molecule has 2 nitrogen and oxygen atoms in total. The van der Waals surface area contributed by atoms with E-state index in [-0.39, 0.29) is 5.78 Å². The van der Waals surface area contributed by atoms with Gasteiger partial charge in [0.25, 0.3) is 0 Å². The van der Waals surface area contributed by atoms with E-state index < -0.39 is 6.04 Å². The molecule has 0 saturated carbocycles. The maximum absolute atomic E-state index is 12.2. The van der Waals surface area contributed by atoms with Crippen molar-refractivity contribution in [2.24, 2.45) is 11.7 Å². The predicted octanol–water partition coefficient (Wildman–Crippen LogP) is 3.40. The number of nitrogens with two attached hydrogens (primary N) is 1. The lowest BCUT2D eigenvalue weighted by molar-refractivity contribution is 0.0951. The number of benzene rings is 2. The Hall–Kier alpha value is -1.67. The Bertz CT molecular complexity index is 560. The third-order valence-corrected chi connectivity index (χ3v) is 3.10. The molecule has 1 atom stereocenters. The first-order valence-corrected chi connectivity index (χ1v) is 6.36. The van der Waals surface area contributed by atoms with Gasteiger partial charge in [-0.2, -0.15) is 0 Å². The van der Waals surface area contributed by atoms with E-state index >= 15 is 0 Å². The molecule has 0 spiro atoms. The summed E-state index contributed by atoms with van der Waals surface area (Å²) in [5.41, 5.74) is 6.65. The molecule has 2 aromatic rings. The molecule has 94 valence electrons. The molecule has 2 rings (SSSR count). The number of carbonyl (C=O) groups is 1. The summed E-state index contributed by atoms with van der Waals surface area (Å²) in [5.74, 6) is 0.471. The standard InChI is InChI=1S/C16H19NO/c1-11(2)9-15(17)16(18)14-8-7-12-5-3-4-6-13(12)10-14/h3-8,10-11,15H,9,17H2,1-2H3/t15-/m0/s1. The van der Waals surface area contributed by atoms with Crippen LogP contribution in [0.3, 0.4) is 0 Å². The zero-order chi connectivity index (χ0) is 13.1. The summed E-state index contributed by atoms with van der Waals surface area (Å²) in [6.07, 6.45) is 0.728. The van der Waals surface area contributed by atoms with Crippen molar-refractivity contribution in [1.29, 1.82) is 0 Å². The molecule has 0 radical (unpaired) electrons. The fourth-order valence-corrected chi connectivity index (χ4v) is 2.17. The quantitative estimate of drug-likeness (QED) is 0.834. The topological polar surface area (TPSA) is 43.1 Å². The van der Waals surface area contributed by atoms with Gasteiger partial charge in [-0.15, -0.1) is 0 Å². The molecule has 2 N–H and O–H groups in total. The van der Waals surface area contributed by atoms with E-state index in [1.165, 1.54) is 0 Å². The van der Waals surface area contributed by atoms with Crippen molar-refractivity contribution < 1.29 is 4.79 Å². The first-order chi connectivity index (χ1) is 8.58. The normalized spacial score (nSPS) is 12.9. The van der Waals surface area contributed by atoms with E-state index in [0.29, 0.717) is 11.5 Å². The number of fused-ring (bicyclic) bond motifs is 1. The van der Waals surface area contributed by atoms with Crippen LogP contribution in [0, 0.1) is 5.92 Å². The monoisotopic (exact) mass is 241 g/mol. The van der Waals surface area contributed by atoms with Gasteiger partial charge in [0, 0.05) is 5.56 Å². The highest BCUT2D eigenvalue weighted by Crippen LogP contribution is 2.17. The smallest absolute Gasteiger partial charge is 0.179 e. The summed E-state index contributed by atoms with van der Waals surface area (Å²) in [6.45, 7) is 4.15. The lowest BCUT2D eigenvalue weighted by Gasteiger charge is -2.13. The highest BCUT2D eigenvalue weighted by molar-refractivity contribution is 6.02. The van der Waals surface area contributed by atoms with Crippen molar-refractivity contribution in [1.82, 2.24) is 0 Å². The number of carbonyl (C=O) groups excluding carboxylic acids is 1. The van der Waals surface area contributed by atoms with Gasteiger partial charge in [-0.05, 0) is 29.2 Å². The summed E-state index contributed by atoms with van der Waals surface area (Å²) in [6, 6.07) is 13.4. The van der Waals surface area contributed by atoms with Crippen LogP contribution < -0.4 is 5.73 Å². The molecule has 0 heterocycles. The molecule has 0 fully saturated rings. The van der Waals surface area contributed by atoms with E-state index in [9.17, 15) is 4.79 Å². The Kier molecular flexibility index (Phi) is 3.78. The zero-order valence-corrected chi connectivity index (χ0v) is 10.9. The molecule has 0 bridgehead atoms. The minimum absolute atomic E-state index is 0.0365. The number of Topliss-reactive ketones (excluding diaryl/α,β-unsaturated/α-hetero) is 1. The van der Waals surface area contributed by atoms with Crippen LogP contribution in [-0.2, 0) is 0 Å². The molecular formula is C16H19NO. The van der Waals surface area contributed by atoms with Crippen molar-refractivity contribution in [3.63, 3.8) is 0 Å². The first-order valence-electron chi connectivity index (χ1n) is 6.36. The molecule has 0 amide bonds. The minimum atomic E-state index is -0.397. The molecule has 0 aromatic heterocycles. The largest absolute Gasteiger partial charge is 0.321 e. The molecule has 0 aliphatic carbocycles. The highest BCUT2D eigenvalue weighted by Gasteiger charge is 2.16. The Morgan fingerprint density at radius 1 is 1.11 bits per heavy atom. The zero-order valence-electron chi connectivity index (χ0n) is 10.9. The molecule has 2 aromatic carbocycles. The van der Waals surface area contributed by atoms with Crippen LogP contribution in [0.5, 0.6) is 0 Å². The Morgan fingerprint density at radius 2 is 1.78 bits per heavy atom. The highest BCUT2D eigenvalue weighted by atomic mass is 16.1. The summed E-state index contributed by atoms with van der Waals surface area (Å²) in [4.78, 5) is 12.2. The van der Waals surface area contributed by atoms with Crippen LogP contribution >= 0.6 is 0 Å². The molecule has 2 heteroatoms. The van der Waals surface area contributed by atoms with Crippen molar-refractivity contribution in [2.45, 2.75) is 26.3 Å². The first kappa shape index (κ1) is 12.8. The van der Waals surface area contributed by atoms with Crippen molar-refractivity contribution in [3.8, 4) is 0 Å². The average molecular weight is 241 g/mol. The molecule has 0 aliphatic heterocycles. The van der Waals surface area contributed by atoms with Crippen molar-refractivity contribution >= 4 is 16.6 Å². The van der Waals surface area contributed by atoms with Gasteiger partial charge < -0.3 is 5.73 Å². The van der Waals surface area contributed by atoms with Crippen molar-refractivity contribution in [2.75, 3.05) is 0 Å². The van der Waals surface area contributed by atoms with Crippen LogP contribution in [0.25, 0.3) is 10.8 Å². The molecule has 0 unspecified atom stereocenters. The van der Waals surface area contributed by atoms with Crippen LogP contribution in [0.1, 0.15) is 30.6 Å². The Labute approximate surface area is 108 Å². The maximum atomic E-state index is 12.2. The number of ketones is 1. The molecular weight excluding hydrogens is 222 g/mol. The number of hydrogen-bond donors (Lipinski definition) is 1. The molecule has 0 saturated heterocycles. The van der Waals surface area contributed by atoms with Crippen LogP contribution in [0.4, 0.5) is 0 Å².